The van der Waals surface area contributed by atoms with Crippen LogP contribution in [-0.4, -0.2) is 28.1 Å². The van der Waals surface area contributed by atoms with Gasteiger partial charge in [0.2, 0.25) is 5.69 Å². The van der Waals surface area contributed by atoms with Gasteiger partial charge in [0.15, 0.2) is 11.6 Å². The van der Waals surface area contributed by atoms with Crippen molar-refractivity contribution in [2.75, 3.05) is 18.0 Å². The van der Waals surface area contributed by atoms with Crippen LogP contribution in [0.1, 0.15) is 23.6 Å². The van der Waals surface area contributed by atoms with Gasteiger partial charge in [0.1, 0.15) is 11.8 Å². The second-order valence-corrected chi connectivity index (χ2v) is 6.07. The van der Waals surface area contributed by atoms with Crippen LogP contribution in [0.15, 0.2) is 54.6 Å². The second-order valence-electron chi connectivity index (χ2n) is 6.07. The normalized spacial score (nSPS) is 16.8. The van der Waals surface area contributed by atoms with E-state index in [1.165, 1.54) is 16.4 Å². The van der Waals surface area contributed by atoms with E-state index in [-0.39, 0.29) is 11.4 Å². The molecule has 1 aliphatic rings. The molecule has 2 aromatic carbocycles. The van der Waals surface area contributed by atoms with Crippen molar-refractivity contribution in [1.82, 2.24) is 15.0 Å². The van der Waals surface area contributed by atoms with Crippen LogP contribution < -0.4 is 4.90 Å². The van der Waals surface area contributed by atoms with Crippen LogP contribution in [0.4, 0.5) is 10.2 Å². The summed E-state index contributed by atoms with van der Waals surface area (Å²) in [5.74, 6) is 0.493. The highest BCUT2D eigenvalue weighted by Gasteiger charge is 2.28. The van der Waals surface area contributed by atoms with Crippen LogP contribution >= 0.6 is 0 Å². The summed E-state index contributed by atoms with van der Waals surface area (Å²) in [4.78, 5) is 3.26. The molecule has 1 fully saturated rings. The highest BCUT2D eigenvalue weighted by molar-refractivity contribution is 5.52. The molecule has 5 nitrogen and oxygen atoms in total. The van der Waals surface area contributed by atoms with Crippen molar-refractivity contribution in [3.8, 4) is 11.8 Å². The standard InChI is InChI=1S/C19H16FN5/c20-16-8-4-5-9-18(16)25-22-17(12-21)19(23-25)24-11-10-15(13-24)14-6-2-1-3-7-14/h1-9,15H,10-11,13H2/t15-/m1/s1. The zero-order valence-corrected chi connectivity index (χ0v) is 13.5. The Bertz CT molecular complexity index is 928. The van der Waals surface area contributed by atoms with E-state index in [0.717, 1.165) is 19.5 Å². The molecule has 6 heteroatoms. The molecule has 0 aliphatic carbocycles. The number of nitriles is 1. The van der Waals surface area contributed by atoms with Gasteiger partial charge in [-0.15, -0.1) is 15.0 Å². The molecule has 1 aromatic heterocycles. The summed E-state index contributed by atoms with van der Waals surface area (Å²) < 4.78 is 14.0. The van der Waals surface area contributed by atoms with Crippen molar-refractivity contribution in [2.45, 2.75) is 12.3 Å². The quantitative estimate of drug-likeness (QED) is 0.738. The van der Waals surface area contributed by atoms with Crippen LogP contribution in [0.5, 0.6) is 0 Å². The Balaban J connectivity index is 1.63. The highest BCUT2D eigenvalue weighted by atomic mass is 19.1. The van der Waals surface area contributed by atoms with Crippen LogP contribution in [0.2, 0.25) is 0 Å². The van der Waals surface area contributed by atoms with Gasteiger partial charge < -0.3 is 4.90 Å². The molecule has 0 unspecified atom stereocenters. The lowest BCUT2D eigenvalue weighted by molar-refractivity contribution is 0.596. The highest BCUT2D eigenvalue weighted by Crippen LogP contribution is 2.31. The van der Waals surface area contributed by atoms with Gasteiger partial charge in [-0.2, -0.15) is 5.26 Å². The molecule has 0 amide bonds. The average Bonchev–Trinajstić information content (AvgIpc) is 3.29. The molecule has 3 aromatic rings. The Morgan fingerprint density at radius 1 is 1.04 bits per heavy atom. The Hall–Kier alpha value is -3.20. The van der Waals surface area contributed by atoms with Crippen LogP contribution in [-0.2, 0) is 0 Å². The van der Waals surface area contributed by atoms with Gasteiger partial charge in [-0.3, -0.25) is 0 Å². The molecular weight excluding hydrogens is 317 g/mol. The lowest BCUT2D eigenvalue weighted by Crippen LogP contribution is -2.20. The number of benzene rings is 2. The summed E-state index contributed by atoms with van der Waals surface area (Å²) in [6, 6.07) is 18.7. The summed E-state index contributed by atoms with van der Waals surface area (Å²) in [5.41, 5.74) is 1.74. The van der Waals surface area contributed by atoms with Gasteiger partial charge in [0.25, 0.3) is 0 Å². The number of para-hydroxylation sites is 1. The lowest BCUT2D eigenvalue weighted by Gasteiger charge is -2.15. The summed E-state index contributed by atoms with van der Waals surface area (Å²) in [6.45, 7) is 1.57. The lowest BCUT2D eigenvalue weighted by atomic mass is 9.99. The van der Waals surface area contributed by atoms with Crippen molar-refractivity contribution >= 4 is 5.82 Å². The molecule has 0 radical (unpaired) electrons. The zero-order chi connectivity index (χ0) is 17.2. The molecular formula is C19H16FN5. The van der Waals surface area contributed by atoms with Gasteiger partial charge in [-0.05, 0) is 24.1 Å². The van der Waals surface area contributed by atoms with Crippen molar-refractivity contribution < 1.29 is 4.39 Å². The van der Waals surface area contributed by atoms with Crippen molar-refractivity contribution in [3.05, 3.63) is 71.7 Å². The molecule has 0 spiro atoms. The van der Waals surface area contributed by atoms with Gasteiger partial charge >= 0.3 is 0 Å². The molecule has 25 heavy (non-hydrogen) atoms. The number of hydrogen-bond acceptors (Lipinski definition) is 4. The van der Waals surface area contributed by atoms with Gasteiger partial charge in [-0.25, -0.2) is 4.39 Å². The van der Waals surface area contributed by atoms with E-state index >= 15 is 0 Å². The van der Waals surface area contributed by atoms with Crippen LogP contribution in [0.25, 0.3) is 5.69 Å². The van der Waals surface area contributed by atoms with Gasteiger partial charge in [0, 0.05) is 19.0 Å². The average molecular weight is 333 g/mol. The summed E-state index contributed by atoms with van der Waals surface area (Å²) in [7, 11) is 0. The fourth-order valence-electron chi connectivity index (χ4n) is 3.26. The Morgan fingerprint density at radius 2 is 1.80 bits per heavy atom. The molecule has 1 atom stereocenters. The molecule has 1 saturated heterocycles. The van der Waals surface area contributed by atoms with Gasteiger partial charge in [-0.1, -0.05) is 42.5 Å². The minimum absolute atomic E-state index is 0.219. The van der Waals surface area contributed by atoms with Crippen molar-refractivity contribution in [3.63, 3.8) is 0 Å². The van der Waals surface area contributed by atoms with E-state index < -0.39 is 5.82 Å². The molecule has 0 saturated carbocycles. The Morgan fingerprint density at radius 3 is 2.56 bits per heavy atom. The molecule has 2 heterocycles. The minimum Gasteiger partial charge on any atom is -0.352 e. The third-order valence-corrected chi connectivity index (χ3v) is 4.53. The number of aromatic nitrogens is 3. The second kappa shape index (κ2) is 6.36. The summed E-state index contributed by atoms with van der Waals surface area (Å²) >= 11 is 0. The summed E-state index contributed by atoms with van der Waals surface area (Å²) in [6.07, 6.45) is 0.988. The first kappa shape index (κ1) is 15.3. The number of halogens is 1. The molecule has 0 N–H and O–H groups in total. The first-order valence-corrected chi connectivity index (χ1v) is 8.18. The van der Waals surface area contributed by atoms with Crippen molar-refractivity contribution in [1.29, 1.82) is 5.26 Å². The van der Waals surface area contributed by atoms with E-state index in [0.29, 0.717) is 11.7 Å². The maximum absolute atomic E-state index is 14.0. The topological polar surface area (TPSA) is 57.7 Å². The number of rotatable bonds is 3. The van der Waals surface area contributed by atoms with E-state index in [2.05, 4.69) is 33.3 Å². The van der Waals surface area contributed by atoms with E-state index in [1.807, 2.05) is 18.2 Å². The predicted molar refractivity (Wildman–Crippen MR) is 92.0 cm³/mol. The molecule has 0 bridgehead atoms. The molecule has 1 aliphatic heterocycles. The maximum Gasteiger partial charge on any atom is 0.207 e. The SMILES string of the molecule is N#Cc1nn(-c2ccccc2F)nc1N1CC[C@@H](c2ccccc2)C1. The smallest absolute Gasteiger partial charge is 0.207 e. The first-order chi connectivity index (χ1) is 12.3. The van der Waals surface area contributed by atoms with E-state index in [4.69, 9.17) is 0 Å². The third-order valence-electron chi connectivity index (χ3n) is 4.53. The van der Waals surface area contributed by atoms with Crippen LogP contribution in [0, 0.1) is 17.1 Å². The monoisotopic (exact) mass is 333 g/mol. The largest absolute Gasteiger partial charge is 0.352 e. The predicted octanol–water partition coefficient (Wildman–Crippen LogP) is 3.27. The fourth-order valence-corrected chi connectivity index (χ4v) is 3.26. The summed E-state index contributed by atoms with van der Waals surface area (Å²) in [5, 5.41) is 18.0. The molecule has 124 valence electrons. The zero-order valence-electron chi connectivity index (χ0n) is 13.5. The van der Waals surface area contributed by atoms with E-state index in [9.17, 15) is 9.65 Å². The Labute approximate surface area is 144 Å². The van der Waals surface area contributed by atoms with Crippen LogP contribution in [0.3, 0.4) is 0 Å². The number of hydrogen-bond donors (Lipinski definition) is 0. The fraction of sp³-hybridized carbons (Fsp3) is 0.211. The number of nitrogens with zero attached hydrogens (tertiary/aromatic N) is 5. The van der Waals surface area contributed by atoms with Gasteiger partial charge in [0.05, 0.1) is 0 Å². The first-order valence-electron chi connectivity index (χ1n) is 8.18. The van der Waals surface area contributed by atoms with Crippen molar-refractivity contribution in [2.24, 2.45) is 0 Å². The number of anilines is 1. The molecule has 4 rings (SSSR count). The maximum atomic E-state index is 14.0. The minimum atomic E-state index is -0.419. The Kier molecular flexibility index (Phi) is 3.90. The third kappa shape index (κ3) is 2.85. The van der Waals surface area contributed by atoms with E-state index in [1.54, 1.807) is 18.2 Å².